The third-order valence-corrected chi connectivity index (χ3v) is 2.88. The SMILES string of the molecule is CC(C)(O)C#Cc1cc(NC(=O)c2nc(Br)cnc2N)ccn1. The van der Waals surface area contributed by atoms with Gasteiger partial charge < -0.3 is 16.2 Å². The van der Waals surface area contributed by atoms with Crippen molar-refractivity contribution in [1.29, 1.82) is 0 Å². The topological polar surface area (TPSA) is 114 Å². The van der Waals surface area contributed by atoms with Crippen LogP contribution in [0.25, 0.3) is 0 Å². The molecule has 0 radical (unpaired) electrons. The fourth-order valence-electron chi connectivity index (χ4n) is 1.53. The van der Waals surface area contributed by atoms with Crippen molar-refractivity contribution in [3.63, 3.8) is 0 Å². The van der Waals surface area contributed by atoms with Crippen molar-refractivity contribution in [3.8, 4) is 11.8 Å². The Kier molecular flexibility index (Phi) is 4.93. The molecule has 0 aliphatic carbocycles. The molecule has 0 saturated heterocycles. The van der Waals surface area contributed by atoms with E-state index in [1.807, 2.05) is 0 Å². The van der Waals surface area contributed by atoms with Crippen LogP contribution >= 0.6 is 15.9 Å². The molecular formula is C15H14BrN5O2. The fourth-order valence-corrected chi connectivity index (χ4v) is 1.81. The number of amides is 1. The van der Waals surface area contributed by atoms with Crippen LogP contribution in [-0.2, 0) is 0 Å². The van der Waals surface area contributed by atoms with Gasteiger partial charge in [-0.05, 0) is 47.8 Å². The molecule has 0 bridgehead atoms. The van der Waals surface area contributed by atoms with Crippen LogP contribution in [0.4, 0.5) is 11.5 Å². The fraction of sp³-hybridized carbons (Fsp3) is 0.200. The van der Waals surface area contributed by atoms with E-state index in [1.54, 1.807) is 26.0 Å². The summed E-state index contributed by atoms with van der Waals surface area (Å²) in [5, 5.41) is 12.2. The Morgan fingerprint density at radius 2 is 2.17 bits per heavy atom. The van der Waals surface area contributed by atoms with Gasteiger partial charge in [0.25, 0.3) is 5.91 Å². The van der Waals surface area contributed by atoms with Gasteiger partial charge in [-0.1, -0.05) is 5.92 Å². The summed E-state index contributed by atoms with van der Waals surface area (Å²) in [7, 11) is 0. The van der Waals surface area contributed by atoms with E-state index in [0.717, 1.165) is 0 Å². The summed E-state index contributed by atoms with van der Waals surface area (Å²) in [6, 6.07) is 3.19. The van der Waals surface area contributed by atoms with E-state index in [4.69, 9.17) is 5.73 Å². The molecule has 8 heteroatoms. The summed E-state index contributed by atoms with van der Waals surface area (Å²) in [5.41, 5.74) is 5.44. The Morgan fingerprint density at radius 3 is 2.87 bits per heavy atom. The minimum Gasteiger partial charge on any atom is -0.382 e. The number of pyridine rings is 1. The highest BCUT2D eigenvalue weighted by Gasteiger charge is 2.14. The Bertz CT molecular complexity index is 805. The first-order valence-electron chi connectivity index (χ1n) is 6.55. The molecule has 0 saturated carbocycles. The van der Waals surface area contributed by atoms with Gasteiger partial charge in [-0.15, -0.1) is 0 Å². The van der Waals surface area contributed by atoms with Crippen LogP contribution in [0, 0.1) is 11.8 Å². The first-order valence-corrected chi connectivity index (χ1v) is 7.35. The van der Waals surface area contributed by atoms with E-state index in [9.17, 15) is 9.90 Å². The molecule has 0 unspecified atom stereocenters. The number of carbonyl (C=O) groups is 1. The molecule has 0 aromatic carbocycles. The van der Waals surface area contributed by atoms with Crippen LogP contribution in [0.15, 0.2) is 29.1 Å². The lowest BCUT2D eigenvalue weighted by Gasteiger charge is -2.07. The van der Waals surface area contributed by atoms with Crippen molar-refractivity contribution in [2.75, 3.05) is 11.1 Å². The molecule has 0 aliphatic rings. The lowest BCUT2D eigenvalue weighted by molar-refractivity contribution is 0.102. The molecule has 7 nitrogen and oxygen atoms in total. The zero-order valence-corrected chi connectivity index (χ0v) is 14.0. The molecule has 0 fully saturated rings. The van der Waals surface area contributed by atoms with E-state index < -0.39 is 11.5 Å². The first-order chi connectivity index (χ1) is 10.7. The van der Waals surface area contributed by atoms with Gasteiger partial charge in [0.2, 0.25) is 0 Å². The van der Waals surface area contributed by atoms with Crippen LogP contribution < -0.4 is 11.1 Å². The highest BCUT2D eigenvalue weighted by Crippen LogP contribution is 2.14. The predicted octanol–water partition coefficient (Wildman–Crippen LogP) is 1.59. The molecular weight excluding hydrogens is 362 g/mol. The second kappa shape index (κ2) is 6.73. The normalized spacial score (nSPS) is 10.6. The third-order valence-electron chi connectivity index (χ3n) is 2.50. The Labute approximate surface area is 141 Å². The van der Waals surface area contributed by atoms with Crippen LogP contribution in [0.3, 0.4) is 0 Å². The molecule has 2 heterocycles. The molecule has 0 atom stereocenters. The third kappa shape index (κ3) is 5.02. The molecule has 2 aromatic heterocycles. The second-order valence-electron chi connectivity index (χ2n) is 5.12. The number of rotatable bonds is 2. The number of hydrogen-bond donors (Lipinski definition) is 3. The van der Waals surface area contributed by atoms with Gasteiger partial charge in [0, 0.05) is 11.9 Å². The molecule has 2 aromatic rings. The van der Waals surface area contributed by atoms with Crippen LogP contribution in [-0.4, -0.2) is 31.6 Å². The Balaban J connectivity index is 2.21. The summed E-state index contributed by atoms with van der Waals surface area (Å²) >= 11 is 3.14. The number of carbonyl (C=O) groups excluding carboxylic acids is 1. The number of nitrogen functional groups attached to an aromatic ring is 1. The number of nitrogens with zero attached hydrogens (tertiary/aromatic N) is 3. The van der Waals surface area contributed by atoms with Gasteiger partial charge in [0.15, 0.2) is 11.5 Å². The number of anilines is 2. The monoisotopic (exact) mass is 375 g/mol. The summed E-state index contributed by atoms with van der Waals surface area (Å²) in [5.74, 6) is 4.92. The maximum atomic E-state index is 12.2. The summed E-state index contributed by atoms with van der Waals surface area (Å²) in [6.07, 6.45) is 2.91. The van der Waals surface area contributed by atoms with Gasteiger partial charge in [-0.2, -0.15) is 0 Å². The van der Waals surface area contributed by atoms with Crippen molar-refractivity contribution >= 4 is 33.3 Å². The highest BCUT2D eigenvalue weighted by molar-refractivity contribution is 9.10. The van der Waals surface area contributed by atoms with Gasteiger partial charge in [0.1, 0.15) is 15.9 Å². The minimum atomic E-state index is -1.12. The molecule has 1 amide bonds. The molecule has 118 valence electrons. The quantitative estimate of drug-likeness (QED) is 0.686. The smallest absolute Gasteiger partial charge is 0.278 e. The number of halogens is 1. The van der Waals surface area contributed by atoms with E-state index in [2.05, 4.69) is 48.0 Å². The lowest BCUT2D eigenvalue weighted by atomic mass is 10.1. The van der Waals surface area contributed by atoms with Gasteiger partial charge >= 0.3 is 0 Å². The van der Waals surface area contributed by atoms with Crippen molar-refractivity contribution in [2.24, 2.45) is 0 Å². The van der Waals surface area contributed by atoms with Crippen molar-refractivity contribution in [1.82, 2.24) is 15.0 Å². The molecule has 0 aliphatic heterocycles. The number of aliphatic hydroxyl groups is 1. The number of hydrogen-bond acceptors (Lipinski definition) is 6. The molecule has 0 spiro atoms. The number of aromatic nitrogens is 3. The maximum Gasteiger partial charge on any atom is 0.278 e. The standard InChI is InChI=1S/C15H14BrN5O2/c1-15(2,23)5-3-9-7-10(4-6-18-9)20-14(22)12-13(17)19-8-11(16)21-12/h4,6-8,23H,1-2H3,(H2,17,19)(H,18,20,22). The minimum absolute atomic E-state index is 0.0142. The zero-order chi connectivity index (χ0) is 17.0. The average molecular weight is 376 g/mol. The molecule has 2 rings (SSSR count). The van der Waals surface area contributed by atoms with Gasteiger partial charge in [-0.25, -0.2) is 15.0 Å². The summed E-state index contributed by atoms with van der Waals surface area (Å²) < 4.78 is 0.406. The predicted molar refractivity (Wildman–Crippen MR) is 89.5 cm³/mol. The van der Waals surface area contributed by atoms with Crippen LogP contribution in [0.2, 0.25) is 0 Å². The Hall–Kier alpha value is -2.50. The first kappa shape index (κ1) is 16.9. The largest absolute Gasteiger partial charge is 0.382 e. The van der Waals surface area contributed by atoms with Gasteiger partial charge in [-0.3, -0.25) is 4.79 Å². The lowest BCUT2D eigenvalue weighted by Crippen LogP contribution is -2.17. The van der Waals surface area contributed by atoms with Crippen molar-refractivity contribution < 1.29 is 9.90 Å². The highest BCUT2D eigenvalue weighted by atomic mass is 79.9. The van der Waals surface area contributed by atoms with E-state index in [0.29, 0.717) is 16.0 Å². The van der Waals surface area contributed by atoms with Gasteiger partial charge in [0.05, 0.1) is 6.20 Å². The van der Waals surface area contributed by atoms with Crippen molar-refractivity contribution in [3.05, 3.63) is 40.5 Å². The van der Waals surface area contributed by atoms with E-state index in [-0.39, 0.29) is 11.5 Å². The summed E-state index contributed by atoms with van der Waals surface area (Å²) in [6.45, 7) is 3.14. The van der Waals surface area contributed by atoms with Crippen LogP contribution in [0.1, 0.15) is 30.0 Å². The van der Waals surface area contributed by atoms with E-state index >= 15 is 0 Å². The Morgan fingerprint density at radius 1 is 1.43 bits per heavy atom. The van der Waals surface area contributed by atoms with Crippen molar-refractivity contribution in [2.45, 2.75) is 19.4 Å². The zero-order valence-electron chi connectivity index (χ0n) is 12.5. The molecule has 23 heavy (non-hydrogen) atoms. The molecule has 4 N–H and O–H groups in total. The second-order valence-corrected chi connectivity index (χ2v) is 5.93. The number of nitrogens with two attached hydrogens (primary N) is 1. The van der Waals surface area contributed by atoms with Crippen LogP contribution in [0.5, 0.6) is 0 Å². The number of nitrogens with one attached hydrogen (secondary N) is 1. The summed E-state index contributed by atoms with van der Waals surface area (Å²) in [4.78, 5) is 24.1. The average Bonchev–Trinajstić information content (AvgIpc) is 2.47. The van der Waals surface area contributed by atoms with E-state index in [1.165, 1.54) is 12.4 Å². The maximum absolute atomic E-state index is 12.2.